The Bertz CT molecular complexity index is 368. The van der Waals surface area contributed by atoms with E-state index in [0.29, 0.717) is 18.5 Å². The molecule has 0 bridgehead atoms. The van der Waals surface area contributed by atoms with Gasteiger partial charge in [0.05, 0.1) is 5.92 Å². The van der Waals surface area contributed by atoms with Gasteiger partial charge in [0.1, 0.15) is 12.4 Å². The second-order valence-electron chi connectivity index (χ2n) is 4.03. The van der Waals surface area contributed by atoms with E-state index in [0.717, 1.165) is 6.42 Å². The van der Waals surface area contributed by atoms with Gasteiger partial charge in [-0.15, -0.1) is 0 Å². The van der Waals surface area contributed by atoms with Crippen LogP contribution in [0.3, 0.4) is 0 Å². The molecule has 1 atom stereocenters. The fourth-order valence-electron chi connectivity index (χ4n) is 1.45. The van der Waals surface area contributed by atoms with Crippen LogP contribution >= 0.6 is 0 Å². The topological polar surface area (TPSA) is 52.3 Å². The van der Waals surface area contributed by atoms with E-state index in [2.05, 4.69) is 0 Å². The van der Waals surface area contributed by atoms with Gasteiger partial charge in [-0.1, -0.05) is 25.1 Å². The van der Waals surface area contributed by atoms with Crippen molar-refractivity contribution in [2.24, 2.45) is 11.7 Å². The molecule has 94 valence electrons. The monoisotopic (exact) mass is 239 g/mol. The second kappa shape index (κ2) is 7.01. The summed E-state index contributed by atoms with van der Waals surface area (Å²) in [6, 6.07) is 6.27. The van der Waals surface area contributed by atoms with Crippen LogP contribution in [-0.4, -0.2) is 12.5 Å². The minimum atomic E-state index is -0.352. The molecule has 1 aromatic rings. The number of rotatable bonds is 6. The third-order valence-corrected chi connectivity index (χ3v) is 2.57. The van der Waals surface area contributed by atoms with Gasteiger partial charge in [-0.25, -0.2) is 4.39 Å². The molecule has 0 heterocycles. The molecule has 0 fully saturated rings. The van der Waals surface area contributed by atoms with E-state index in [1.54, 1.807) is 25.1 Å². The van der Waals surface area contributed by atoms with Gasteiger partial charge in [-0.3, -0.25) is 4.79 Å². The molecule has 0 aromatic heterocycles. The highest BCUT2D eigenvalue weighted by Gasteiger charge is 2.14. The summed E-state index contributed by atoms with van der Waals surface area (Å²) in [6.07, 6.45) is 1.49. The maximum absolute atomic E-state index is 13.2. The largest absolute Gasteiger partial charge is 0.460 e. The van der Waals surface area contributed by atoms with Crippen molar-refractivity contribution in [2.45, 2.75) is 26.4 Å². The zero-order valence-corrected chi connectivity index (χ0v) is 9.99. The van der Waals surface area contributed by atoms with Crippen molar-refractivity contribution < 1.29 is 13.9 Å². The van der Waals surface area contributed by atoms with Crippen LogP contribution in [0.2, 0.25) is 0 Å². The molecule has 0 saturated carbocycles. The van der Waals surface area contributed by atoms with Crippen LogP contribution in [0.1, 0.15) is 25.3 Å². The van der Waals surface area contributed by atoms with E-state index in [4.69, 9.17) is 10.5 Å². The Balaban J connectivity index is 2.40. The van der Waals surface area contributed by atoms with Crippen LogP contribution in [0.15, 0.2) is 24.3 Å². The van der Waals surface area contributed by atoms with E-state index in [1.165, 1.54) is 6.07 Å². The molecule has 1 unspecified atom stereocenters. The van der Waals surface area contributed by atoms with Crippen LogP contribution < -0.4 is 5.73 Å². The number of nitrogens with two attached hydrogens (primary N) is 1. The number of esters is 1. The van der Waals surface area contributed by atoms with Gasteiger partial charge in [-0.2, -0.15) is 0 Å². The summed E-state index contributed by atoms with van der Waals surface area (Å²) in [5.74, 6) is -0.845. The first-order valence-corrected chi connectivity index (χ1v) is 5.75. The first-order valence-electron chi connectivity index (χ1n) is 5.75. The Labute approximate surface area is 101 Å². The molecule has 0 aliphatic heterocycles. The smallest absolute Gasteiger partial charge is 0.308 e. The maximum Gasteiger partial charge on any atom is 0.308 e. The summed E-state index contributed by atoms with van der Waals surface area (Å²) < 4.78 is 18.3. The molecule has 0 saturated heterocycles. The van der Waals surface area contributed by atoms with Crippen LogP contribution in [0.25, 0.3) is 0 Å². The van der Waals surface area contributed by atoms with Crippen molar-refractivity contribution in [2.75, 3.05) is 6.54 Å². The minimum Gasteiger partial charge on any atom is -0.460 e. The lowest BCUT2D eigenvalue weighted by Crippen LogP contribution is -2.16. The zero-order chi connectivity index (χ0) is 12.7. The molecular weight excluding hydrogens is 221 g/mol. The van der Waals surface area contributed by atoms with E-state index in [9.17, 15) is 9.18 Å². The van der Waals surface area contributed by atoms with Crippen LogP contribution in [0.5, 0.6) is 0 Å². The molecule has 0 radical (unpaired) electrons. The SMILES string of the molecule is CC(CCCN)C(=O)OCc1ccccc1F. The Hall–Kier alpha value is -1.42. The van der Waals surface area contributed by atoms with Gasteiger partial charge in [-0.05, 0) is 25.5 Å². The predicted molar refractivity (Wildman–Crippen MR) is 63.6 cm³/mol. The molecule has 4 heteroatoms. The second-order valence-corrected chi connectivity index (χ2v) is 4.03. The number of halogens is 1. The van der Waals surface area contributed by atoms with Gasteiger partial charge in [0.15, 0.2) is 0 Å². The molecule has 0 amide bonds. The van der Waals surface area contributed by atoms with Crippen molar-refractivity contribution in [3.8, 4) is 0 Å². The van der Waals surface area contributed by atoms with E-state index in [-0.39, 0.29) is 24.3 Å². The number of carbonyl (C=O) groups excluding carboxylic acids is 1. The minimum absolute atomic E-state index is 0.0154. The Morgan fingerprint density at radius 2 is 2.18 bits per heavy atom. The zero-order valence-electron chi connectivity index (χ0n) is 9.99. The van der Waals surface area contributed by atoms with Crippen molar-refractivity contribution in [1.82, 2.24) is 0 Å². The Kier molecular flexibility index (Phi) is 5.63. The van der Waals surface area contributed by atoms with Crippen LogP contribution in [0.4, 0.5) is 4.39 Å². The molecule has 0 aliphatic carbocycles. The number of ether oxygens (including phenoxy) is 1. The predicted octanol–water partition coefficient (Wildman–Crippen LogP) is 2.24. The van der Waals surface area contributed by atoms with Crippen molar-refractivity contribution in [1.29, 1.82) is 0 Å². The molecular formula is C13H18FNO2. The van der Waals surface area contributed by atoms with Gasteiger partial charge in [0.25, 0.3) is 0 Å². The first kappa shape index (κ1) is 13.6. The number of hydrogen-bond acceptors (Lipinski definition) is 3. The highest BCUT2D eigenvalue weighted by molar-refractivity contribution is 5.71. The van der Waals surface area contributed by atoms with Gasteiger partial charge in [0.2, 0.25) is 0 Å². The summed E-state index contributed by atoms with van der Waals surface area (Å²) in [7, 11) is 0. The van der Waals surface area contributed by atoms with Crippen LogP contribution in [-0.2, 0) is 16.1 Å². The third-order valence-electron chi connectivity index (χ3n) is 2.57. The van der Waals surface area contributed by atoms with Gasteiger partial charge < -0.3 is 10.5 Å². The summed E-state index contributed by atoms with van der Waals surface area (Å²) >= 11 is 0. The quantitative estimate of drug-likeness (QED) is 0.774. The average molecular weight is 239 g/mol. The van der Waals surface area contributed by atoms with E-state index < -0.39 is 0 Å². The molecule has 1 aromatic carbocycles. The van der Waals surface area contributed by atoms with Gasteiger partial charge in [0, 0.05) is 5.56 Å². The fourth-order valence-corrected chi connectivity index (χ4v) is 1.45. The molecule has 0 spiro atoms. The highest BCUT2D eigenvalue weighted by atomic mass is 19.1. The number of hydrogen-bond donors (Lipinski definition) is 1. The lowest BCUT2D eigenvalue weighted by Gasteiger charge is -2.11. The Morgan fingerprint density at radius 3 is 2.82 bits per heavy atom. The van der Waals surface area contributed by atoms with E-state index >= 15 is 0 Å². The van der Waals surface area contributed by atoms with E-state index in [1.807, 2.05) is 0 Å². The maximum atomic E-state index is 13.2. The molecule has 0 aliphatic rings. The number of benzene rings is 1. The van der Waals surface area contributed by atoms with Crippen molar-refractivity contribution in [3.05, 3.63) is 35.6 Å². The fraction of sp³-hybridized carbons (Fsp3) is 0.462. The normalized spacial score (nSPS) is 12.2. The molecule has 1 rings (SSSR count). The van der Waals surface area contributed by atoms with Crippen molar-refractivity contribution in [3.63, 3.8) is 0 Å². The highest BCUT2D eigenvalue weighted by Crippen LogP contribution is 2.11. The van der Waals surface area contributed by atoms with Crippen LogP contribution in [0, 0.1) is 11.7 Å². The number of carbonyl (C=O) groups is 1. The summed E-state index contributed by atoms with van der Waals surface area (Å²) in [6.45, 7) is 2.34. The Morgan fingerprint density at radius 1 is 1.47 bits per heavy atom. The lowest BCUT2D eigenvalue weighted by atomic mass is 10.1. The van der Waals surface area contributed by atoms with Gasteiger partial charge >= 0.3 is 5.97 Å². The average Bonchev–Trinajstić information content (AvgIpc) is 2.34. The third kappa shape index (κ3) is 4.53. The molecule has 17 heavy (non-hydrogen) atoms. The molecule has 3 nitrogen and oxygen atoms in total. The lowest BCUT2D eigenvalue weighted by molar-refractivity contribution is -0.149. The summed E-state index contributed by atoms with van der Waals surface area (Å²) in [5.41, 5.74) is 5.76. The summed E-state index contributed by atoms with van der Waals surface area (Å²) in [4.78, 5) is 11.5. The summed E-state index contributed by atoms with van der Waals surface area (Å²) in [5, 5.41) is 0. The standard InChI is InChI=1S/C13H18FNO2/c1-10(5-4-8-15)13(16)17-9-11-6-2-3-7-12(11)14/h2-3,6-7,10H,4-5,8-9,15H2,1H3. The molecule has 2 N–H and O–H groups in total. The first-order chi connectivity index (χ1) is 8.15. The van der Waals surface area contributed by atoms with Crippen molar-refractivity contribution >= 4 is 5.97 Å².